The number of nitrogens with one attached hydrogen (secondary N) is 1. The number of thiazole rings is 1. The van der Waals surface area contributed by atoms with Crippen molar-refractivity contribution in [3.05, 3.63) is 28.1 Å². The summed E-state index contributed by atoms with van der Waals surface area (Å²) >= 11 is 2.55. The maximum atomic E-state index is 12.5. The molecule has 0 saturated carbocycles. The molecule has 0 spiro atoms. The molecule has 0 radical (unpaired) electrons. The lowest BCUT2D eigenvalue weighted by molar-refractivity contribution is 0.541. The summed E-state index contributed by atoms with van der Waals surface area (Å²) in [7, 11) is -3.58. The van der Waals surface area contributed by atoms with Crippen molar-refractivity contribution in [2.24, 2.45) is 0 Å². The molecule has 110 valence electrons. The standard InChI is InChI=1S/C12H17N3O2S3/c1-3-5-9(10-6-4-7-18-10)15-20(16,17)11-8(2)14-12(13)19-11/h4,6-7,9,15H,3,5H2,1-2H3,(H2,13,14). The van der Waals surface area contributed by atoms with Crippen LogP contribution >= 0.6 is 22.7 Å². The van der Waals surface area contributed by atoms with Crippen LogP contribution in [-0.4, -0.2) is 13.4 Å². The normalized spacial score (nSPS) is 13.5. The smallest absolute Gasteiger partial charge is 0.252 e. The quantitative estimate of drug-likeness (QED) is 0.852. The van der Waals surface area contributed by atoms with Gasteiger partial charge in [0.25, 0.3) is 10.0 Å². The highest BCUT2D eigenvalue weighted by Crippen LogP contribution is 2.29. The Morgan fingerprint density at radius 2 is 2.25 bits per heavy atom. The zero-order chi connectivity index (χ0) is 14.8. The second-order valence-electron chi connectivity index (χ2n) is 4.40. The molecule has 8 heteroatoms. The summed E-state index contributed by atoms with van der Waals surface area (Å²) in [4.78, 5) is 4.99. The number of nitrogens with two attached hydrogens (primary N) is 1. The molecule has 1 atom stereocenters. The topological polar surface area (TPSA) is 85.1 Å². The molecule has 0 bridgehead atoms. The van der Waals surface area contributed by atoms with Crippen LogP contribution in [0.5, 0.6) is 0 Å². The molecule has 2 rings (SSSR count). The van der Waals surface area contributed by atoms with Gasteiger partial charge in [0.1, 0.15) is 0 Å². The molecule has 0 aromatic carbocycles. The van der Waals surface area contributed by atoms with Gasteiger partial charge in [-0.15, -0.1) is 11.3 Å². The van der Waals surface area contributed by atoms with Crippen molar-refractivity contribution in [3.8, 4) is 0 Å². The van der Waals surface area contributed by atoms with E-state index in [1.807, 2.05) is 24.4 Å². The van der Waals surface area contributed by atoms with Gasteiger partial charge in [0.15, 0.2) is 9.34 Å². The fourth-order valence-corrected chi connectivity index (χ4v) is 5.38. The lowest BCUT2D eigenvalue weighted by Gasteiger charge is -2.16. The first-order valence-electron chi connectivity index (χ1n) is 6.22. The largest absolute Gasteiger partial charge is 0.375 e. The van der Waals surface area contributed by atoms with Gasteiger partial charge in [-0.3, -0.25) is 0 Å². The van der Waals surface area contributed by atoms with E-state index in [1.54, 1.807) is 18.3 Å². The first kappa shape index (κ1) is 15.4. The van der Waals surface area contributed by atoms with Crippen molar-refractivity contribution in [1.29, 1.82) is 0 Å². The van der Waals surface area contributed by atoms with E-state index in [4.69, 9.17) is 5.73 Å². The van der Waals surface area contributed by atoms with Crippen LogP contribution in [0.3, 0.4) is 0 Å². The molecular formula is C12H17N3O2S3. The number of hydrogen-bond donors (Lipinski definition) is 2. The van der Waals surface area contributed by atoms with Gasteiger partial charge in [-0.1, -0.05) is 30.7 Å². The van der Waals surface area contributed by atoms with Crippen LogP contribution < -0.4 is 10.5 Å². The molecule has 20 heavy (non-hydrogen) atoms. The van der Waals surface area contributed by atoms with E-state index in [-0.39, 0.29) is 15.4 Å². The minimum absolute atomic E-state index is 0.201. The molecule has 0 aliphatic carbocycles. The van der Waals surface area contributed by atoms with E-state index in [0.29, 0.717) is 5.69 Å². The fourth-order valence-electron chi connectivity index (χ4n) is 1.93. The Morgan fingerprint density at radius 1 is 1.50 bits per heavy atom. The third-order valence-electron chi connectivity index (χ3n) is 2.78. The van der Waals surface area contributed by atoms with Crippen LogP contribution in [0, 0.1) is 6.92 Å². The van der Waals surface area contributed by atoms with E-state index < -0.39 is 10.0 Å². The first-order chi connectivity index (χ1) is 9.44. The van der Waals surface area contributed by atoms with Gasteiger partial charge >= 0.3 is 0 Å². The average molecular weight is 331 g/mol. The van der Waals surface area contributed by atoms with Gasteiger partial charge in [0.05, 0.1) is 11.7 Å². The molecule has 1 unspecified atom stereocenters. The van der Waals surface area contributed by atoms with E-state index in [0.717, 1.165) is 29.1 Å². The fraction of sp³-hybridized carbons (Fsp3) is 0.417. The van der Waals surface area contributed by atoms with E-state index in [2.05, 4.69) is 9.71 Å². The zero-order valence-corrected chi connectivity index (χ0v) is 13.7. The number of rotatable bonds is 6. The summed E-state index contributed by atoms with van der Waals surface area (Å²) in [6, 6.07) is 3.67. The minimum atomic E-state index is -3.58. The summed E-state index contributed by atoms with van der Waals surface area (Å²) in [5, 5.41) is 2.22. The number of anilines is 1. The summed E-state index contributed by atoms with van der Waals surface area (Å²) in [6.07, 6.45) is 1.65. The summed E-state index contributed by atoms with van der Waals surface area (Å²) in [5.41, 5.74) is 6.02. The number of aryl methyl sites for hydroxylation is 1. The van der Waals surface area contributed by atoms with E-state index >= 15 is 0 Å². The number of nitrogen functional groups attached to an aromatic ring is 1. The molecule has 5 nitrogen and oxygen atoms in total. The SMILES string of the molecule is CCCC(NS(=O)(=O)c1sc(N)nc1C)c1cccs1. The molecule has 0 fully saturated rings. The minimum Gasteiger partial charge on any atom is -0.375 e. The van der Waals surface area contributed by atoms with Crippen molar-refractivity contribution in [3.63, 3.8) is 0 Å². The number of nitrogens with zero attached hydrogens (tertiary/aromatic N) is 1. The van der Waals surface area contributed by atoms with Crippen molar-refractivity contribution in [2.75, 3.05) is 5.73 Å². The molecule has 0 aliphatic rings. The predicted molar refractivity (Wildman–Crippen MR) is 83.6 cm³/mol. The lowest BCUT2D eigenvalue weighted by atomic mass is 10.1. The Hall–Kier alpha value is -0.960. The summed E-state index contributed by atoms with van der Waals surface area (Å²) in [5.74, 6) is 0. The Labute approximate surface area is 126 Å². The highest BCUT2D eigenvalue weighted by atomic mass is 32.2. The predicted octanol–water partition coefficient (Wildman–Crippen LogP) is 2.91. The van der Waals surface area contributed by atoms with E-state index in [9.17, 15) is 8.42 Å². The maximum absolute atomic E-state index is 12.5. The number of aromatic nitrogens is 1. The first-order valence-corrected chi connectivity index (χ1v) is 9.40. The molecule has 2 heterocycles. The molecule has 0 saturated heterocycles. The van der Waals surface area contributed by atoms with Crippen LogP contribution in [0.4, 0.5) is 5.13 Å². The third kappa shape index (κ3) is 3.38. The van der Waals surface area contributed by atoms with Gasteiger partial charge < -0.3 is 5.73 Å². The molecule has 2 aromatic rings. The maximum Gasteiger partial charge on any atom is 0.252 e. The molecular weight excluding hydrogens is 314 g/mol. The van der Waals surface area contributed by atoms with Gasteiger partial charge in [-0.05, 0) is 24.8 Å². The Morgan fingerprint density at radius 3 is 2.75 bits per heavy atom. The summed E-state index contributed by atoms with van der Waals surface area (Å²) < 4.78 is 27.9. The highest BCUT2D eigenvalue weighted by molar-refractivity contribution is 7.91. The van der Waals surface area contributed by atoms with Crippen LogP contribution in [0.25, 0.3) is 0 Å². The Balaban J connectivity index is 2.28. The molecule has 0 aliphatic heterocycles. The molecule has 0 amide bonds. The number of hydrogen-bond acceptors (Lipinski definition) is 6. The molecule has 2 aromatic heterocycles. The third-order valence-corrected chi connectivity index (χ3v) is 6.83. The Kier molecular flexibility index (Phi) is 4.79. The number of sulfonamides is 1. The second-order valence-corrected chi connectivity index (χ2v) is 8.32. The highest BCUT2D eigenvalue weighted by Gasteiger charge is 2.25. The Bertz CT molecular complexity index is 662. The van der Waals surface area contributed by atoms with Crippen LogP contribution in [0.15, 0.2) is 21.7 Å². The van der Waals surface area contributed by atoms with Gasteiger partial charge in [0.2, 0.25) is 0 Å². The zero-order valence-electron chi connectivity index (χ0n) is 11.3. The van der Waals surface area contributed by atoms with Crippen molar-refractivity contribution < 1.29 is 8.42 Å². The van der Waals surface area contributed by atoms with Gasteiger partial charge in [-0.25, -0.2) is 18.1 Å². The second kappa shape index (κ2) is 6.21. The van der Waals surface area contributed by atoms with Crippen molar-refractivity contribution in [2.45, 2.75) is 36.9 Å². The monoisotopic (exact) mass is 331 g/mol. The van der Waals surface area contributed by atoms with Gasteiger partial charge in [0, 0.05) is 4.88 Å². The summed E-state index contributed by atoms with van der Waals surface area (Å²) in [6.45, 7) is 3.69. The van der Waals surface area contributed by atoms with Crippen LogP contribution in [-0.2, 0) is 10.0 Å². The average Bonchev–Trinajstić information content (AvgIpc) is 2.98. The molecule has 3 N–H and O–H groups in total. The van der Waals surface area contributed by atoms with Crippen LogP contribution in [0.2, 0.25) is 0 Å². The van der Waals surface area contributed by atoms with E-state index in [1.165, 1.54) is 0 Å². The van der Waals surface area contributed by atoms with Crippen molar-refractivity contribution in [1.82, 2.24) is 9.71 Å². The lowest BCUT2D eigenvalue weighted by Crippen LogP contribution is -2.28. The number of thiophene rings is 1. The van der Waals surface area contributed by atoms with Crippen molar-refractivity contribution >= 4 is 37.8 Å². The van der Waals surface area contributed by atoms with Gasteiger partial charge in [-0.2, -0.15) is 0 Å². The van der Waals surface area contributed by atoms with Crippen LogP contribution in [0.1, 0.15) is 36.4 Å².